The van der Waals surface area contributed by atoms with Gasteiger partial charge in [-0.1, -0.05) is 6.07 Å². The van der Waals surface area contributed by atoms with Gasteiger partial charge in [0.05, 0.1) is 10.5 Å². The van der Waals surface area contributed by atoms with Crippen molar-refractivity contribution in [3.8, 4) is 0 Å². The van der Waals surface area contributed by atoms with Crippen LogP contribution in [0.1, 0.15) is 23.2 Å². The minimum Gasteiger partial charge on any atom is -0.354 e. The fourth-order valence-corrected chi connectivity index (χ4v) is 2.57. The summed E-state index contributed by atoms with van der Waals surface area (Å²) in [5.74, 6) is -0.742. The molecule has 0 saturated carbocycles. The summed E-state index contributed by atoms with van der Waals surface area (Å²) in [5.41, 5.74) is -0.0525. The molecule has 8 heteroatoms. The van der Waals surface area contributed by atoms with Gasteiger partial charge >= 0.3 is 0 Å². The number of piperidine rings is 1. The number of benzene rings is 1. The standard InChI is InChI=1S/C12H12BrN3O4/c13-10-7(3-1-5-9(10)16(19)20)11(17)15-8-4-2-6-14-12(8)18/h1,3,5,8H,2,4,6H2,(H,14,18)(H,15,17). The Morgan fingerprint density at radius 3 is 2.90 bits per heavy atom. The van der Waals surface area contributed by atoms with Gasteiger partial charge in [0.2, 0.25) is 5.91 Å². The summed E-state index contributed by atoms with van der Waals surface area (Å²) in [6.45, 7) is 0.603. The zero-order chi connectivity index (χ0) is 14.7. The van der Waals surface area contributed by atoms with E-state index in [9.17, 15) is 19.7 Å². The number of hydrogen-bond donors (Lipinski definition) is 2. The van der Waals surface area contributed by atoms with Crippen LogP contribution in [-0.2, 0) is 4.79 Å². The maximum Gasteiger partial charge on any atom is 0.284 e. The molecular weight excluding hydrogens is 330 g/mol. The SMILES string of the molecule is O=C(NC1CCCNC1=O)c1cccc([N+](=O)[O-])c1Br. The van der Waals surface area contributed by atoms with Crippen LogP contribution < -0.4 is 10.6 Å². The molecule has 0 aromatic heterocycles. The number of nitro groups is 1. The van der Waals surface area contributed by atoms with Gasteiger partial charge in [-0.25, -0.2) is 0 Å². The van der Waals surface area contributed by atoms with Crippen LogP contribution in [0.3, 0.4) is 0 Å². The number of halogens is 1. The van der Waals surface area contributed by atoms with Crippen molar-refractivity contribution in [3.63, 3.8) is 0 Å². The Hall–Kier alpha value is -1.96. The van der Waals surface area contributed by atoms with Crippen LogP contribution in [0.5, 0.6) is 0 Å². The van der Waals surface area contributed by atoms with Crippen LogP contribution >= 0.6 is 15.9 Å². The molecule has 2 N–H and O–H groups in total. The lowest BCUT2D eigenvalue weighted by atomic mass is 10.1. The average Bonchev–Trinajstić information content (AvgIpc) is 2.41. The second kappa shape index (κ2) is 6.00. The summed E-state index contributed by atoms with van der Waals surface area (Å²) >= 11 is 3.06. The van der Waals surface area contributed by atoms with Gasteiger partial charge in [0, 0.05) is 12.6 Å². The van der Waals surface area contributed by atoms with Gasteiger partial charge in [-0.2, -0.15) is 0 Å². The molecule has 1 atom stereocenters. The number of nitrogens with one attached hydrogen (secondary N) is 2. The molecule has 0 radical (unpaired) electrons. The van der Waals surface area contributed by atoms with Gasteiger partial charge in [-0.05, 0) is 34.8 Å². The molecule has 0 bridgehead atoms. The molecule has 20 heavy (non-hydrogen) atoms. The van der Waals surface area contributed by atoms with Crippen LogP contribution in [-0.4, -0.2) is 29.3 Å². The lowest BCUT2D eigenvalue weighted by molar-refractivity contribution is -0.385. The number of amides is 2. The molecule has 1 aliphatic rings. The lowest BCUT2D eigenvalue weighted by Crippen LogP contribution is -2.50. The van der Waals surface area contributed by atoms with E-state index in [0.29, 0.717) is 13.0 Å². The molecular formula is C12H12BrN3O4. The summed E-state index contributed by atoms with van der Waals surface area (Å²) in [7, 11) is 0. The summed E-state index contributed by atoms with van der Waals surface area (Å²) in [6.07, 6.45) is 1.34. The fraction of sp³-hybridized carbons (Fsp3) is 0.333. The highest BCUT2D eigenvalue weighted by Gasteiger charge is 2.26. The molecule has 106 valence electrons. The van der Waals surface area contributed by atoms with E-state index in [-0.39, 0.29) is 21.6 Å². The van der Waals surface area contributed by atoms with Gasteiger partial charge in [-0.3, -0.25) is 19.7 Å². The van der Waals surface area contributed by atoms with E-state index in [0.717, 1.165) is 6.42 Å². The summed E-state index contributed by atoms with van der Waals surface area (Å²) in [4.78, 5) is 33.9. The molecule has 1 fully saturated rings. The second-order valence-electron chi connectivity index (χ2n) is 4.36. The van der Waals surface area contributed by atoms with Crippen molar-refractivity contribution in [1.29, 1.82) is 0 Å². The fourth-order valence-electron chi connectivity index (χ4n) is 1.98. The first-order valence-corrected chi connectivity index (χ1v) is 6.81. The molecule has 1 aromatic carbocycles. The largest absolute Gasteiger partial charge is 0.354 e. The quantitative estimate of drug-likeness (QED) is 0.640. The number of nitro benzene ring substituents is 1. The van der Waals surface area contributed by atoms with Crippen molar-refractivity contribution >= 4 is 33.4 Å². The van der Waals surface area contributed by atoms with E-state index < -0.39 is 16.9 Å². The third-order valence-electron chi connectivity index (χ3n) is 3.01. The Morgan fingerprint density at radius 2 is 2.25 bits per heavy atom. The van der Waals surface area contributed by atoms with Crippen LogP contribution in [0.15, 0.2) is 22.7 Å². The highest BCUT2D eigenvalue weighted by Crippen LogP contribution is 2.28. The van der Waals surface area contributed by atoms with Gasteiger partial charge in [0.15, 0.2) is 0 Å². The van der Waals surface area contributed by atoms with Crippen molar-refractivity contribution in [2.45, 2.75) is 18.9 Å². The maximum atomic E-state index is 12.1. The van der Waals surface area contributed by atoms with Crippen LogP contribution in [0.25, 0.3) is 0 Å². The molecule has 1 aromatic rings. The van der Waals surface area contributed by atoms with E-state index >= 15 is 0 Å². The second-order valence-corrected chi connectivity index (χ2v) is 5.15. The first-order chi connectivity index (χ1) is 9.50. The average molecular weight is 342 g/mol. The zero-order valence-electron chi connectivity index (χ0n) is 10.4. The van der Waals surface area contributed by atoms with E-state index in [1.165, 1.54) is 18.2 Å². The van der Waals surface area contributed by atoms with Gasteiger partial charge in [-0.15, -0.1) is 0 Å². The minimum atomic E-state index is -0.595. The van der Waals surface area contributed by atoms with Crippen LogP contribution in [0, 0.1) is 10.1 Å². The van der Waals surface area contributed by atoms with Gasteiger partial charge in [0.25, 0.3) is 11.6 Å². The summed E-state index contributed by atoms with van der Waals surface area (Å²) < 4.78 is 0.110. The van der Waals surface area contributed by atoms with Crippen molar-refractivity contribution < 1.29 is 14.5 Å². The summed E-state index contributed by atoms with van der Waals surface area (Å²) in [5, 5.41) is 16.1. The normalized spacial score (nSPS) is 18.2. The Morgan fingerprint density at radius 1 is 1.50 bits per heavy atom. The molecule has 2 rings (SSSR count). The Labute approximate surface area is 123 Å². The Balaban J connectivity index is 2.19. The molecule has 1 aliphatic heterocycles. The monoisotopic (exact) mass is 341 g/mol. The molecule has 1 unspecified atom stereocenters. The molecule has 0 aliphatic carbocycles. The predicted octanol–water partition coefficient (Wildman–Crippen LogP) is 1.37. The van der Waals surface area contributed by atoms with E-state index in [1.54, 1.807) is 0 Å². The number of hydrogen-bond acceptors (Lipinski definition) is 4. The summed E-state index contributed by atoms with van der Waals surface area (Å²) in [6, 6.07) is 3.60. The topological polar surface area (TPSA) is 101 Å². The first-order valence-electron chi connectivity index (χ1n) is 6.02. The Kier molecular flexibility index (Phi) is 4.33. The highest BCUT2D eigenvalue weighted by molar-refractivity contribution is 9.10. The zero-order valence-corrected chi connectivity index (χ0v) is 12.0. The van der Waals surface area contributed by atoms with Crippen LogP contribution in [0.2, 0.25) is 0 Å². The van der Waals surface area contributed by atoms with Crippen molar-refractivity contribution in [3.05, 3.63) is 38.3 Å². The van der Waals surface area contributed by atoms with E-state index in [2.05, 4.69) is 26.6 Å². The van der Waals surface area contributed by atoms with Gasteiger partial charge in [0.1, 0.15) is 10.5 Å². The third kappa shape index (κ3) is 2.96. The number of carbonyl (C=O) groups excluding carboxylic acids is 2. The lowest BCUT2D eigenvalue weighted by Gasteiger charge is -2.22. The van der Waals surface area contributed by atoms with Crippen molar-refractivity contribution in [1.82, 2.24) is 10.6 Å². The minimum absolute atomic E-state index is 0.110. The highest BCUT2D eigenvalue weighted by atomic mass is 79.9. The number of nitrogens with zero attached hydrogens (tertiary/aromatic N) is 1. The Bertz CT molecular complexity index is 576. The number of carbonyl (C=O) groups is 2. The molecule has 1 saturated heterocycles. The molecule has 0 spiro atoms. The smallest absolute Gasteiger partial charge is 0.284 e. The maximum absolute atomic E-state index is 12.1. The van der Waals surface area contributed by atoms with Crippen molar-refractivity contribution in [2.24, 2.45) is 0 Å². The van der Waals surface area contributed by atoms with Gasteiger partial charge < -0.3 is 10.6 Å². The van der Waals surface area contributed by atoms with Crippen molar-refractivity contribution in [2.75, 3.05) is 6.54 Å². The van der Waals surface area contributed by atoms with Crippen LogP contribution in [0.4, 0.5) is 5.69 Å². The molecule has 1 heterocycles. The van der Waals surface area contributed by atoms with E-state index in [1.807, 2.05) is 0 Å². The molecule has 2 amide bonds. The first kappa shape index (κ1) is 14.4. The number of rotatable bonds is 3. The predicted molar refractivity (Wildman–Crippen MR) is 74.3 cm³/mol. The molecule has 7 nitrogen and oxygen atoms in total. The van der Waals surface area contributed by atoms with E-state index in [4.69, 9.17) is 0 Å². The third-order valence-corrected chi connectivity index (χ3v) is 3.84.